The molecule has 1 aliphatic rings. The van der Waals surface area contributed by atoms with Gasteiger partial charge in [-0.3, -0.25) is 0 Å². The van der Waals surface area contributed by atoms with Crippen molar-refractivity contribution in [2.45, 2.75) is 39.0 Å². The number of hydrogen-bond acceptors (Lipinski definition) is 4. The van der Waals surface area contributed by atoms with Gasteiger partial charge in [0, 0.05) is 17.6 Å². The summed E-state index contributed by atoms with van der Waals surface area (Å²) in [7, 11) is -2.99. The van der Waals surface area contributed by atoms with Gasteiger partial charge in [0.25, 0.3) is 0 Å². The summed E-state index contributed by atoms with van der Waals surface area (Å²) >= 11 is 0. The summed E-state index contributed by atoms with van der Waals surface area (Å²) in [4.78, 5) is 0. The van der Waals surface area contributed by atoms with Crippen molar-refractivity contribution in [3.8, 4) is 17.2 Å². The molecule has 4 rings (SSSR count). The molecule has 0 heterocycles. The van der Waals surface area contributed by atoms with Gasteiger partial charge in [0.1, 0.15) is 9.84 Å². The highest BCUT2D eigenvalue weighted by Crippen LogP contribution is 2.33. The first-order valence-corrected chi connectivity index (χ1v) is 13.5. The van der Waals surface area contributed by atoms with Crippen LogP contribution >= 0.6 is 0 Å². The summed E-state index contributed by atoms with van der Waals surface area (Å²) in [5, 5.41) is 12.9. The fourth-order valence-electron chi connectivity index (χ4n) is 4.88. The number of benzene rings is 3. The molecule has 0 radical (unpaired) electrons. The molecule has 0 aliphatic heterocycles. The first-order chi connectivity index (χ1) is 15.8. The van der Waals surface area contributed by atoms with E-state index in [1.54, 1.807) is 0 Å². The van der Waals surface area contributed by atoms with Crippen LogP contribution in [0.15, 0.2) is 60.7 Å². The summed E-state index contributed by atoms with van der Waals surface area (Å²) < 4.78 is 23.8. The topological polar surface area (TPSA) is 70.0 Å². The number of nitrogens with one attached hydrogen (secondary N) is 1. The van der Waals surface area contributed by atoms with Crippen LogP contribution in [0, 0.1) is 24.2 Å². The number of nitrogens with zero attached hydrogens (tertiary/aromatic N) is 1. The van der Waals surface area contributed by atoms with Crippen LogP contribution in [0.5, 0.6) is 0 Å². The molecule has 170 valence electrons. The first-order valence-electron chi connectivity index (χ1n) is 11.5. The van der Waals surface area contributed by atoms with E-state index in [-0.39, 0.29) is 11.7 Å². The average Bonchev–Trinajstić information content (AvgIpc) is 2.76. The van der Waals surface area contributed by atoms with Crippen molar-refractivity contribution in [1.29, 1.82) is 5.26 Å². The van der Waals surface area contributed by atoms with Gasteiger partial charge in [-0.2, -0.15) is 5.26 Å². The molecule has 1 N–H and O–H groups in total. The van der Waals surface area contributed by atoms with E-state index in [9.17, 15) is 13.7 Å². The SMILES string of the molecule is Cc1ccc(Nc2cccc3c2CCCCC(CS(C)(=O)=O)C3)cc1-c1cccc(C#N)c1. The number of aryl methyl sites for hydroxylation is 1. The zero-order chi connectivity index (χ0) is 23.4. The highest BCUT2D eigenvalue weighted by molar-refractivity contribution is 7.90. The van der Waals surface area contributed by atoms with Crippen LogP contribution in [0.4, 0.5) is 11.4 Å². The standard InChI is InChI=1S/C28H30N2O2S/c1-20-13-14-25(17-27(20)24-9-5-8-21(15-24)18-29)30-28-12-6-10-23-16-22(19-33(2,31)32)7-3-4-11-26(23)28/h5-6,8-10,12-15,17,22,30H,3-4,7,11,16,19H2,1-2H3. The molecule has 33 heavy (non-hydrogen) atoms. The second kappa shape index (κ2) is 9.80. The zero-order valence-corrected chi connectivity index (χ0v) is 20.1. The smallest absolute Gasteiger partial charge is 0.147 e. The largest absolute Gasteiger partial charge is 0.355 e. The minimum absolute atomic E-state index is 0.174. The Kier molecular flexibility index (Phi) is 6.85. The van der Waals surface area contributed by atoms with Crippen LogP contribution < -0.4 is 5.32 Å². The van der Waals surface area contributed by atoms with E-state index >= 15 is 0 Å². The fraction of sp³-hybridized carbons (Fsp3) is 0.321. The van der Waals surface area contributed by atoms with Crippen molar-refractivity contribution in [1.82, 2.24) is 0 Å². The van der Waals surface area contributed by atoms with E-state index in [2.05, 4.69) is 54.7 Å². The first kappa shape index (κ1) is 23.1. The molecule has 0 fully saturated rings. The zero-order valence-electron chi connectivity index (χ0n) is 19.3. The summed E-state index contributed by atoms with van der Waals surface area (Å²) in [6.45, 7) is 2.08. The summed E-state index contributed by atoms with van der Waals surface area (Å²) in [5.41, 5.74) is 8.58. The van der Waals surface area contributed by atoms with Crippen LogP contribution in [-0.4, -0.2) is 20.4 Å². The molecule has 0 spiro atoms. The highest BCUT2D eigenvalue weighted by atomic mass is 32.2. The Balaban J connectivity index is 1.65. The molecule has 4 nitrogen and oxygen atoms in total. The lowest BCUT2D eigenvalue weighted by molar-refractivity contribution is 0.476. The fourth-order valence-corrected chi connectivity index (χ4v) is 6.02. The molecule has 0 bridgehead atoms. The van der Waals surface area contributed by atoms with Gasteiger partial charge in [-0.15, -0.1) is 0 Å². The number of anilines is 2. The maximum Gasteiger partial charge on any atom is 0.147 e. The molecule has 1 aliphatic carbocycles. The lowest BCUT2D eigenvalue weighted by Crippen LogP contribution is -2.19. The number of sulfone groups is 1. The van der Waals surface area contributed by atoms with Gasteiger partial charge >= 0.3 is 0 Å². The monoisotopic (exact) mass is 458 g/mol. The minimum atomic E-state index is -2.99. The highest BCUT2D eigenvalue weighted by Gasteiger charge is 2.21. The van der Waals surface area contributed by atoms with Gasteiger partial charge in [0.15, 0.2) is 0 Å². The molecule has 5 heteroatoms. The third-order valence-electron chi connectivity index (χ3n) is 6.43. The Hall–Kier alpha value is -3.10. The van der Waals surface area contributed by atoms with Gasteiger partial charge in [-0.25, -0.2) is 8.42 Å². The van der Waals surface area contributed by atoms with Crippen LogP contribution in [0.3, 0.4) is 0 Å². The molecular formula is C28H30N2O2S. The Bertz CT molecular complexity index is 1310. The molecule has 3 aromatic rings. The Morgan fingerprint density at radius 3 is 2.67 bits per heavy atom. The Morgan fingerprint density at radius 1 is 1.06 bits per heavy atom. The molecule has 0 saturated carbocycles. The minimum Gasteiger partial charge on any atom is -0.355 e. The number of hydrogen-bond donors (Lipinski definition) is 1. The molecule has 3 aromatic carbocycles. The summed E-state index contributed by atoms with van der Waals surface area (Å²) in [5.74, 6) is 0.431. The Morgan fingerprint density at radius 2 is 1.88 bits per heavy atom. The van der Waals surface area contributed by atoms with Crippen LogP contribution in [0.1, 0.15) is 41.5 Å². The van der Waals surface area contributed by atoms with Crippen LogP contribution in [0.2, 0.25) is 0 Å². The molecule has 1 atom stereocenters. The number of rotatable bonds is 5. The lowest BCUT2D eigenvalue weighted by Gasteiger charge is -2.24. The molecule has 0 saturated heterocycles. The summed E-state index contributed by atoms with van der Waals surface area (Å²) in [6.07, 6.45) is 6.22. The lowest BCUT2D eigenvalue weighted by atomic mass is 9.86. The van der Waals surface area contributed by atoms with Crippen LogP contribution in [-0.2, 0) is 22.7 Å². The third kappa shape index (κ3) is 5.83. The molecule has 1 unspecified atom stereocenters. The molecule has 0 amide bonds. The second-order valence-electron chi connectivity index (χ2n) is 9.20. The molecular weight excluding hydrogens is 428 g/mol. The average molecular weight is 459 g/mol. The van der Waals surface area contributed by atoms with E-state index < -0.39 is 9.84 Å². The summed E-state index contributed by atoms with van der Waals surface area (Å²) in [6, 6.07) is 22.6. The van der Waals surface area contributed by atoms with Gasteiger partial charge in [0.2, 0.25) is 0 Å². The van der Waals surface area contributed by atoms with E-state index in [1.165, 1.54) is 17.4 Å². The van der Waals surface area contributed by atoms with E-state index in [0.717, 1.165) is 60.2 Å². The number of nitriles is 1. The van der Waals surface area contributed by atoms with E-state index in [0.29, 0.717) is 5.56 Å². The van der Waals surface area contributed by atoms with Gasteiger partial charge in [-0.1, -0.05) is 36.8 Å². The van der Waals surface area contributed by atoms with Crippen molar-refractivity contribution in [3.05, 3.63) is 82.9 Å². The van der Waals surface area contributed by atoms with Crippen molar-refractivity contribution in [3.63, 3.8) is 0 Å². The van der Waals surface area contributed by atoms with Gasteiger partial charge < -0.3 is 5.32 Å². The van der Waals surface area contributed by atoms with Crippen molar-refractivity contribution < 1.29 is 8.42 Å². The van der Waals surface area contributed by atoms with Crippen molar-refractivity contribution in [2.75, 3.05) is 17.3 Å². The Labute approximate surface area is 197 Å². The normalized spacial score (nSPS) is 16.2. The predicted molar refractivity (Wildman–Crippen MR) is 136 cm³/mol. The third-order valence-corrected chi connectivity index (χ3v) is 7.51. The van der Waals surface area contributed by atoms with E-state index in [4.69, 9.17) is 0 Å². The van der Waals surface area contributed by atoms with Crippen molar-refractivity contribution >= 4 is 21.2 Å². The van der Waals surface area contributed by atoms with Gasteiger partial charge in [-0.05, 0) is 96.7 Å². The van der Waals surface area contributed by atoms with Crippen molar-refractivity contribution in [2.24, 2.45) is 5.92 Å². The second-order valence-corrected chi connectivity index (χ2v) is 11.4. The molecule has 0 aromatic heterocycles. The maximum atomic E-state index is 11.9. The number of fused-ring (bicyclic) bond motifs is 1. The predicted octanol–water partition coefficient (Wildman–Crippen LogP) is 6.21. The van der Waals surface area contributed by atoms with Crippen LogP contribution in [0.25, 0.3) is 11.1 Å². The van der Waals surface area contributed by atoms with E-state index in [1.807, 2.05) is 24.3 Å². The maximum absolute atomic E-state index is 11.9. The quantitative estimate of drug-likeness (QED) is 0.494. The van der Waals surface area contributed by atoms with Gasteiger partial charge in [0.05, 0.1) is 17.4 Å².